The van der Waals surface area contributed by atoms with E-state index in [2.05, 4.69) is 5.32 Å². The maximum Gasteiger partial charge on any atom is 0.343 e. The minimum atomic E-state index is -1.97. The quantitative estimate of drug-likeness (QED) is 0.293. The van der Waals surface area contributed by atoms with E-state index in [0.29, 0.717) is 40.9 Å². The highest BCUT2D eigenvalue weighted by molar-refractivity contribution is 5.96. The highest BCUT2D eigenvalue weighted by Gasteiger charge is 2.46. The summed E-state index contributed by atoms with van der Waals surface area (Å²) in [5.74, 6) is -2.20. The molecule has 11 heteroatoms. The van der Waals surface area contributed by atoms with Crippen LogP contribution in [0.1, 0.15) is 69.7 Å². The van der Waals surface area contributed by atoms with Crippen LogP contribution < -0.4 is 10.9 Å². The highest BCUT2D eigenvalue weighted by Crippen LogP contribution is 2.46. The summed E-state index contributed by atoms with van der Waals surface area (Å²) < 4.78 is 26.8. The predicted molar refractivity (Wildman–Crippen MR) is 138 cm³/mol. The van der Waals surface area contributed by atoms with Crippen molar-refractivity contribution in [3.05, 3.63) is 79.6 Å². The third-order valence-corrected chi connectivity index (χ3v) is 8.50. The number of amides is 1. The molecule has 2 atom stereocenters. The molecule has 204 valence electrons. The number of aromatic nitrogens is 2. The molecule has 5 heterocycles. The molecule has 3 N–H and O–H groups in total. The number of hydrogen-bond acceptors (Lipinski definition) is 8. The molecule has 40 heavy (non-hydrogen) atoms. The van der Waals surface area contributed by atoms with Gasteiger partial charge in [0.05, 0.1) is 35.1 Å². The number of hydrogen-bond donors (Lipinski definition) is 3. The van der Waals surface area contributed by atoms with E-state index in [9.17, 15) is 24.6 Å². The normalized spacial score (nSPS) is 20.6. The molecule has 1 aromatic carbocycles. The molecular weight excluding hydrogens is 521 g/mol. The van der Waals surface area contributed by atoms with E-state index in [-0.39, 0.29) is 42.4 Å². The Morgan fingerprint density at radius 3 is 2.77 bits per heavy atom. The van der Waals surface area contributed by atoms with E-state index in [4.69, 9.17) is 14.1 Å². The fraction of sp³-hybridized carbons (Fsp3) is 0.310. The zero-order valence-electron chi connectivity index (χ0n) is 21.6. The van der Waals surface area contributed by atoms with E-state index < -0.39 is 34.9 Å². The van der Waals surface area contributed by atoms with E-state index in [0.717, 1.165) is 16.5 Å². The second-order valence-corrected chi connectivity index (χ2v) is 10.5. The van der Waals surface area contributed by atoms with E-state index in [1.807, 2.05) is 0 Å². The Balaban J connectivity index is 1.47. The van der Waals surface area contributed by atoms with E-state index in [1.54, 1.807) is 19.9 Å². The van der Waals surface area contributed by atoms with Crippen LogP contribution in [0.5, 0.6) is 5.95 Å². The molecule has 0 unspecified atom stereocenters. The van der Waals surface area contributed by atoms with Crippen molar-refractivity contribution in [2.45, 2.75) is 57.9 Å². The molecule has 0 bridgehead atoms. The molecule has 0 fully saturated rings. The topological polar surface area (TPSA) is 144 Å². The number of cyclic esters (lactones) is 1. The number of furan rings is 1. The number of aliphatic hydroxyl groups is 1. The number of pyridine rings is 2. The van der Waals surface area contributed by atoms with Gasteiger partial charge in [0, 0.05) is 28.6 Å². The van der Waals surface area contributed by atoms with Crippen LogP contribution >= 0.6 is 0 Å². The Bertz CT molecular complexity index is 1870. The van der Waals surface area contributed by atoms with Crippen LogP contribution in [0.4, 0.5) is 4.39 Å². The molecule has 3 aromatic heterocycles. The minimum Gasteiger partial charge on any atom is -0.481 e. The number of fused-ring (bicyclic) bond motifs is 5. The summed E-state index contributed by atoms with van der Waals surface area (Å²) in [5, 5.41) is 24.4. The zero-order valence-corrected chi connectivity index (χ0v) is 21.6. The smallest absolute Gasteiger partial charge is 0.343 e. The molecule has 7 rings (SSSR count). The number of ether oxygens (including phenoxy) is 1. The first kappa shape index (κ1) is 24.5. The Morgan fingerprint density at radius 1 is 1.25 bits per heavy atom. The van der Waals surface area contributed by atoms with Crippen LogP contribution in [0.25, 0.3) is 22.3 Å². The standard InChI is InChI=1S/C29H24FN3O7/c1-3-29(38)16-8-20-25-14(10-33(20)27(36)15(16)11-39-28(29)37)24-18(32-26(35)21-6-7-22(34)40-21)5-4-13-12(2)17(30)9-19(31-25)23(13)24/h6-9,18,34,38H,3-5,10-11H2,1-2H3,(H,32,35)/t18-,29-/m0/s1. The lowest BCUT2D eigenvalue weighted by molar-refractivity contribution is -0.172. The van der Waals surface area contributed by atoms with Crippen LogP contribution in [-0.4, -0.2) is 31.6 Å². The largest absolute Gasteiger partial charge is 0.481 e. The molecule has 3 aliphatic rings. The second kappa shape index (κ2) is 8.25. The number of halogens is 1. The maximum atomic E-state index is 15.0. The third-order valence-electron chi connectivity index (χ3n) is 8.50. The highest BCUT2D eigenvalue weighted by atomic mass is 19.1. The minimum absolute atomic E-state index is 0.00920. The van der Waals surface area contributed by atoms with Crippen molar-refractivity contribution >= 4 is 22.8 Å². The summed E-state index contributed by atoms with van der Waals surface area (Å²) in [5.41, 5.74) is 1.91. The third kappa shape index (κ3) is 3.18. The molecule has 0 spiro atoms. The monoisotopic (exact) mass is 545 g/mol. The second-order valence-electron chi connectivity index (χ2n) is 10.5. The van der Waals surface area contributed by atoms with Crippen molar-refractivity contribution < 1.29 is 33.3 Å². The van der Waals surface area contributed by atoms with E-state index in [1.165, 1.54) is 22.8 Å². The molecule has 4 aromatic rings. The molecule has 1 amide bonds. The number of benzene rings is 1. The van der Waals surface area contributed by atoms with Crippen molar-refractivity contribution in [3.63, 3.8) is 0 Å². The first-order chi connectivity index (χ1) is 19.1. The van der Waals surface area contributed by atoms with Gasteiger partial charge >= 0.3 is 5.97 Å². The average molecular weight is 546 g/mol. The number of carbonyl (C=O) groups is 2. The summed E-state index contributed by atoms with van der Waals surface area (Å²) in [4.78, 5) is 44.0. The summed E-state index contributed by atoms with van der Waals surface area (Å²) in [6.45, 7) is 3.22. The number of rotatable bonds is 3. The Morgan fingerprint density at radius 2 is 2.05 bits per heavy atom. The lowest BCUT2D eigenvalue weighted by atomic mass is 9.81. The van der Waals surface area contributed by atoms with Gasteiger partial charge in [0.15, 0.2) is 11.4 Å². The fourth-order valence-corrected chi connectivity index (χ4v) is 6.38. The van der Waals surface area contributed by atoms with Gasteiger partial charge in [-0.1, -0.05) is 6.92 Å². The lowest BCUT2D eigenvalue weighted by Crippen LogP contribution is -2.44. The lowest BCUT2D eigenvalue weighted by Gasteiger charge is -2.31. The maximum absolute atomic E-state index is 15.0. The van der Waals surface area contributed by atoms with Crippen molar-refractivity contribution in [3.8, 4) is 17.3 Å². The van der Waals surface area contributed by atoms with Crippen molar-refractivity contribution in [2.24, 2.45) is 0 Å². The van der Waals surface area contributed by atoms with Crippen LogP contribution in [0, 0.1) is 12.7 Å². The van der Waals surface area contributed by atoms with Crippen molar-refractivity contribution in [2.75, 3.05) is 0 Å². The van der Waals surface area contributed by atoms with Crippen molar-refractivity contribution in [1.29, 1.82) is 0 Å². The SMILES string of the molecule is CC[C@@]1(O)C(=O)OCc2c1cc1n(c2=O)Cc2c-1nc1cc(F)c(C)c3c1c2[C@@H](NC(=O)c1ccc(O)o1)CC3. The van der Waals surface area contributed by atoms with Gasteiger partial charge < -0.3 is 29.3 Å². The number of aromatic hydroxyl groups is 1. The first-order valence-corrected chi connectivity index (χ1v) is 13.0. The van der Waals surface area contributed by atoms with E-state index >= 15 is 4.39 Å². The molecule has 0 saturated heterocycles. The van der Waals surface area contributed by atoms with Gasteiger partial charge in [-0.05, 0) is 55.0 Å². The number of esters is 1. The predicted octanol–water partition coefficient (Wildman–Crippen LogP) is 3.24. The van der Waals surface area contributed by atoms with Gasteiger partial charge in [-0.25, -0.2) is 14.2 Å². The molecule has 0 saturated carbocycles. The Hall–Kier alpha value is -4.51. The molecular formula is C29H24FN3O7. The van der Waals surface area contributed by atoms with Gasteiger partial charge in [0.1, 0.15) is 12.4 Å². The van der Waals surface area contributed by atoms with Gasteiger partial charge in [0.2, 0.25) is 0 Å². The van der Waals surface area contributed by atoms with Gasteiger partial charge in [-0.2, -0.15) is 0 Å². The average Bonchev–Trinajstić information content (AvgIpc) is 3.54. The van der Waals surface area contributed by atoms with Crippen LogP contribution in [0.15, 0.2) is 33.5 Å². The zero-order chi connectivity index (χ0) is 28.1. The van der Waals surface area contributed by atoms with Crippen LogP contribution in [0.3, 0.4) is 0 Å². The number of aryl methyl sites for hydroxylation is 1. The summed E-state index contributed by atoms with van der Waals surface area (Å²) in [7, 11) is 0. The Kier molecular flexibility index (Phi) is 5.06. The summed E-state index contributed by atoms with van der Waals surface area (Å²) in [6, 6.07) is 5.08. The number of nitrogens with zero attached hydrogens (tertiary/aromatic N) is 2. The molecule has 0 radical (unpaired) electrons. The Labute approximate surface area is 226 Å². The number of carbonyl (C=O) groups excluding carboxylic acids is 2. The first-order valence-electron chi connectivity index (χ1n) is 13.0. The fourth-order valence-electron chi connectivity index (χ4n) is 6.38. The summed E-state index contributed by atoms with van der Waals surface area (Å²) in [6.07, 6.45) is 0.961. The summed E-state index contributed by atoms with van der Waals surface area (Å²) >= 11 is 0. The molecule has 2 aliphatic heterocycles. The van der Waals surface area contributed by atoms with Gasteiger partial charge in [0.25, 0.3) is 17.4 Å². The van der Waals surface area contributed by atoms with Crippen LogP contribution in [0.2, 0.25) is 0 Å². The van der Waals surface area contributed by atoms with Gasteiger partial charge in [-0.3, -0.25) is 9.59 Å². The molecule has 1 aliphatic carbocycles. The van der Waals surface area contributed by atoms with Gasteiger partial charge in [-0.15, -0.1) is 0 Å². The van der Waals surface area contributed by atoms with Crippen molar-refractivity contribution in [1.82, 2.24) is 14.9 Å². The van der Waals surface area contributed by atoms with Crippen LogP contribution in [-0.2, 0) is 34.7 Å². The molecule has 10 nitrogen and oxygen atoms in total. The number of nitrogens with one attached hydrogen (secondary N) is 1.